The van der Waals surface area contributed by atoms with Gasteiger partial charge in [0.25, 0.3) is 5.91 Å². The van der Waals surface area contributed by atoms with Gasteiger partial charge in [-0.25, -0.2) is 4.99 Å². The Bertz CT molecular complexity index is 1220. The number of hydrogen-bond donors (Lipinski definition) is 2. The number of benzene rings is 2. The molecule has 1 fully saturated rings. The lowest BCUT2D eigenvalue weighted by Crippen LogP contribution is -2.19. The summed E-state index contributed by atoms with van der Waals surface area (Å²) in [4.78, 5) is 32.9. The SMILES string of the molecule is CC(=O)NCc1ccc(Cl)c(N=C2NC(=O)/C(=C\c3ccc4ncccc4c3)S2)c1. The van der Waals surface area contributed by atoms with Crippen LogP contribution in [0.4, 0.5) is 5.69 Å². The molecule has 0 atom stereocenters. The number of amidine groups is 1. The predicted molar refractivity (Wildman–Crippen MR) is 122 cm³/mol. The van der Waals surface area contributed by atoms with E-state index in [0.29, 0.717) is 27.3 Å². The zero-order valence-electron chi connectivity index (χ0n) is 16.0. The summed E-state index contributed by atoms with van der Waals surface area (Å²) in [6, 6.07) is 15.0. The number of aliphatic imine (C=N–C) groups is 1. The number of nitrogens with zero attached hydrogens (tertiary/aromatic N) is 2. The van der Waals surface area contributed by atoms with Crippen molar-refractivity contribution in [3.63, 3.8) is 0 Å². The number of halogens is 1. The molecule has 0 radical (unpaired) electrons. The van der Waals surface area contributed by atoms with Crippen LogP contribution in [0.15, 0.2) is 64.6 Å². The van der Waals surface area contributed by atoms with Crippen LogP contribution in [0.5, 0.6) is 0 Å². The number of carbonyl (C=O) groups excluding carboxylic acids is 2. The molecule has 2 amide bonds. The first-order chi connectivity index (χ1) is 14.5. The van der Waals surface area contributed by atoms with Gasteiger partial charge in [0.15, 0.2) is 5.17 Å². The van der Waals surface area contributed by atoms with Gasteiger partial charge in [-0.15, -0.1) is 0 Å². The molecule has 6 nitrogen and oxygen atoms in total. The number of carbonyl (C=O) groups is 2. The van der Waals surface area contributed by atoms with Crippen LogP contribution < -0.4 is 10.6 Å². The van der Waals surface area contributed by atoms with Gasteiger partial charge in [0.1, 0.15) is 0 Å². The number of fused-ring (bicyclic) bond motifs is 1. The third kappa shape index (κ3) is 4.69. The van der Waals surface area contributed by atoms with Crippen molar-refractivity contribution in [3.8, 4) is 0 Å². The second-order valence-electron chi connectivity index (χ2n) is 6.63. The molecule has 0 spiro atoms. The van der Waals surface area contributed by atoms with Crippen molar-refractivity contribution in [2.75, 3.05) is 0 Å². The number of amides is 2. The molecule has 4 rings (SSSR count). The van der Waals surface area contributed by atoms with E-state index in [1.54, 1.807) is 18.3 Å². The Morgan fingerprint density at radius 3 is 2.97 bits per heavy atom. The van der Waals surface area contributed by atoms with E-state index in [1.165, 1.54) is 18.7 Å². The number of aromatic nitrogens is 1. The maximum atomic E-state index is 12.4. The summed E-state index contributed by atoms with van der Waals surface area (Å²) in [6.07, 6.45) is 3.57. The van der Waals surface area contributed by atoms with Gasteiger partial charge in [0, 0.05) is 25.1 Å². The van der Waals surface area contributed by atoms with Gasteiger partial charge in [-0.05, 0) is 59.3 Å². The van der Waals surface area contributed by atoms with Crippen molar-refractivity contribution in [2.24, 2.45) is 4.99 Å². The molecule has 150 valence electrons. The Hall–Kier alpha value is -3.16. The van der Waals surface area contributed by atoms with E-state index >= 15 is 0 Å². The van der Waals surface area contributed by atoms with Gasteiger partial charge < -0.3 is 10.6 Å². The van der Waals surface area contributed by atoms with Crippen molar-refractivity contribution in [1.29, 1.82) is 0 Å². The zero-order valence-corrected chi connectivity index (χ0v) is 17.6. The fraction of sp³-hybridized carbons (Fsp3) is 0.0909. The lowest BCUT2D eigenvalue weighted by atomic mass is 10.1. The quantitative estimate of drug-likeness (QED) is 0.593. The molecule has 1 aliphatic heterocycles. The number of hydrogen-bond acceptors (Lipinski definition) is 5. The summed E-state index contributed by atoms with van der Waals surface area (Å²) in [5, 5.41) is 7.43. The van der Waals surface area contributed by atoms with Crippen LogP contribution in [-0.2, 0) is 16.1 Å². The normalized spacial score (nSPS) is 16.3. The van der Waals surface area contributed by atoms with Crippen molar-refractivity contribution in [1.82, 2.24) is 15.6 Å². The Labute approximate surface area is 182 Å². The topological polar surface area (TPSA) is 83.5 Å². The average molecular weight is 437 g/mol. The summed E-state index contributed by atoms with van der Waals surface area (Å²) in [5.74, 6) is -0.328. The highest BCUT2D eigenvalue weighted by Crippen LogP contribution is 2.32. The fourth-order valence-electron chi connectivity index (χ4n) is 2.91. The highest BCUT2D eigenvalue weighted by Gasteiger charge is 2.24. The molecular weight excluding hydrogens is 420 g/mol. The van der Waals surface area contributed by atoms with E-state index in [-0.39, 0.29) is 11.8 Å². The van der Waals surface area contributed by atoms with Crippen molar-refractivity contribution >= 4 is 63.0 Å². The van der Waals surface area contributed by atoms with Gasteiger partial charge in [-0.3, -0.25) is 14.6 Å². The molecule has 8 heteroatoms. The largest absolute Gasteiger partial charge is 0.352 e. The molecule has 3 aromatic rings. The van der Waals surface area contributed by atoms with E-state index in [4.69, 9.17) is 11.6 Å². The van der Waals surface area contributed by atoms with Crippen LogP contribution in [-0.4, -0.2) is 22.0 Å². The minimum atomic E-state index is -0.212. The summed E-state index contributed by atoms with van der Waals surface area (Å²) in [5.41, 5.74) is 3.20. The van der Waals surface area contributed by atoms with Crippen LogP contribution in [0, 0.1) is 0 Å². The third-order valence-electron chi connectivity index (χ3n) is 4.35. The minimum Gasteiger partial charge on any atom is -0.352 e. The van der Waals surface area contributed by atoms with Crippen molar-refractivity contribution in [3.05, 3.63) is 75.8 Å². The van der Waals surface area contributed by atoms with Gasteiger partial charge >= 0.3 is 0 Å². The maximum Gasteiger partial charge on any atom is 0.264 e. The summed E-state index contributed by atoms with van der Waals surface area (Å²) in [6.45, 7) is 1.84. The van der Waals surface area contributed by atoms with E-state index in [2.05, 4.69) is 20.6 Å². The molecule has 2 heterocycles. The maximum absolute atomic E-state index is 12.4. The molecule has 0 aliphatic carbocycles. The first-order valence-corrected chi connectivity index (χ1v) is 10.3. The van der Waals surface area contributed by atoms with Gasteiger partial charge in [0.2, 0.25) is 5.91 Å². The number of pyridine rings is 1. The van der Waals surface area contributed by atoms with E-state index in [0.717, 1.165) is 22.0 Å². The van der Waals surface area contributed by atoms with Crippen LogP contribution in [0.25, 0.3) is 17.0 Å². The van der Waals surface area contributed by atoms with Gasteiger partial charge in [0.05, 0.1) is 21.1 Å². The molecule has 30 heavy (non-hydrogen) atoms. The zero-order chi connectivity index (χ0) is 21.1. The molecule has 1 aromatic heterocycles. The van der Waals surface area contributed by atoms with E-state index < -0.39 is 0 Å². The summed E-state index contributed by atoms with van der Waals surface area (Å²) >= 11 is 7.51. The smallest absolute Gasteiger partial charge is 0.264 e. The molecular formula is C22H17ClN4O2S. The van der Waals surface area contributed by atoms with Crippen LogP contribution >= 0.6 is 23.4 Å². The molecule has 0 unspecified atom stereocenters. The predicted octanol–water partition coefficient (Wildman–Crippen LogP) is 4.42. The van der Waals surface area contributed by atoms with Crippen molar-refractivity contribution in [2.45, 2.75) is 13.5 Å². The average Bonchev–Trinajstić information content (AvgIpc) is 3.07. The summed E-state index contributed by atoms with van der Waals surface area (Å²) < 4.78 is 0. The first-order valence-electron chi connectivity index (χ1n) is 9.15. The highest BCUT2D eigenvalue weighted by atomic mass is 35.5. The molecule has 0 saturated carbocycles. The Morgan fingerprint density at radius 1 is 1.27 bits per heavy atom. The Morgan fingerprint density at radius 2 is 2.13 bits per heavy atom. The molecule has 0 bridgehead atoms. The molecule has 2 N–H and O–H groups in total. The van der Waals surface area contributed by atoms with Crippen molar-refractivity contribution < 1.29 is 9.59 Å². The number of thioether (sulfide) groups is 1. The second-order valence-corrected chi connectivity index (χ2v) is 8.07. The lowest BCUT2D eigenvalue weighted by molar-refractivity contribution is -0.119. The van der Waals surface area contributed by atoms with E-state index in [1.807, 2.05) is 42.5 Å². The fourth-order valence-corrected chi connectivity index (χ4v) is 3.90. The molecule has 2 aromatic carbocycles. The lowest BCUT2D eigenvalue weighted by Gasteiger charge is -2.05. The monoisotopic (exact) mass is 436 g/mol. The highest BCUT2D eigenvalue weighted by molar-refractivity contribution is 8.18. The van der Waals surface area contributed by atoms with Gasteiger partial charge in [-0.2, -0.15) is 0 Å². The van der Waals surface area contributed by atoms with Crippen LogP contribution in [0.1, 0.15) is 18.1 Å². The molecule has 1 saturated heterocycles. The number of nitrogens with one attached hydrogen (secondary N) is 2. The van der Waals surface area contributed by atoms with Crippen LogP contribution in [0.2, 0.25) is 5.02 Å². The number of rotatable bonds is 4. The standard InChI is InChI=1S/C22H17ClN4O2S/c1-13(28)25-12-15-4-6-17(23)19(10-15)26-22-27-21(29)20(30-22)11-14-5-7-18-16(9-14)3-2-8-24-18/h2-11H,12H2,1H3,(H,25,28)(H,26,27,29)/b20-11+. The molecule has 1 aliphatic rings. The Kier molecular flexibility index (Phi) is 5.83. The minimum absolute atomic E-state index is 0.115. The third-order valence-corrected chi connectivity index (χ3v) is 5.58. The first kappa shape index (κ1) is 20.1. The van der Waals surface area contributed by atoms with Gasteiger partial charge in [-0.1, -0.05) is 29.8 Å². The summed E-state index contributed by atoms with van der Waals surface area (Å²) in [7, 11) is 0. The van der Waals surface area contributed by atoms with Crippen LogP contribution in [0.3, 0.4) is 0 Å². The van der Waals surface area contributed by atoms with E-state index in [9.17, 15) is 9.59 Å². The second kappa shape index (κ2) is 8.69. The Balaban J connectivity index is 1.56.